The van der Waals surface area contributed by atoms with Gasteiger partial charge in [-0.25, -0.2) is 0 Å². The third-order valence-electron chi connectivity index (χ3n) is 5.16. The number of hydrogen-bond acceptors (Lipinski definition) is 3. The first-order valence-corrected chi connectivity index (χ1v) is 10.0. The molecule has 2 heterocycles. The molecule has 0 N–H and O–H groups in total. The highest BCUT2D eigenvalue weighted by Crippen LogP contribution is 2.21. The summed E-state index contributed by atoms with van der Waals surface area (Å²) in [7, 11) is 0. The van der Waals surface area contributed by atoms with Crippen LogP contribution in [0, 0.1) is 19.8 Å². The Morgan fingerprint density at radius 1 is 1.15 bits per heavy atom. The van der Waals surface area contributed by atoms with Gasteiger partial charge in [-0.2, -0.15) is 5.10 Å². The van der Waals surface area contributed by atoms with Gasteiger partial charge in [-0.15, -0.1) is 0 Å². The molecule has 2 aromatic rings. The zero-order valence-corrected chi connectivity index (χ0v) is 17.5. The smallest absolute Gasteiger partial charge is 0.257 e. The second kappa shape index (κ2) is 8.44. The molecular weight excluding hydrogens is 360 g/mol. The van der Waals surface area contributed by atoms with Crippen LogP contribution in [-0.2, 0) is 6.54 Å². The molecule has 1 aromatic carbocycles. The largest absolute Gasteiger partial charge is 0.336 e. The third kappa shape index (κ3) is 4.53. The summed E-state index contributed by atoms with van der Waals surface area (Å²) in [4.78, 5) is 17.5. The molecule has 1 fully saturated rings. The van der Waals surface area contributed by atoms with Crippen molar-refractivity contribution in [3.05, 3.63) is 51.8 Å². The number of carbonyl (C=O) groups is 1. The molecule has 0 saturated carbocycles. The second-order valence-electron chi connectivity index (χ2n) is 7.78. The summed E-state index contributed by atoms with van der Waals surface area (Å²) < 4.78 is 1.89. The maximum absolute atomic E-state index is 13.1. The van der Waals surface area contributed by atoms with Crippen molar-refractivity contribution in [3.8, 4) is 0 Å². The molecule has 27 heavy (non-hydrogen) atoms. The number of halogens is 1. The van der Waals surface area contributed by atoms with E-state index in [4.69, 9.17) is 11.6 Å². The van der Waals surface area contributed by atoms with Gasteiger partial charge in [-0.1, -0.05) is 43.6 Å². The molecule has 1 amide bonds. The topological polar surface area (TPSA) is 41.4 Å². The van der Waals surface area contributed by atoms with Crippen LogP contribution in [-0.4, -0.2) is 58.2 Å². The van der Waals surface area contributed by atoms with Crippen molar-refractivity contribution in [1.29, 1.82) is 0 Å². The minimum absolute atomic E-state index is 0.0969. The molecule has 146 valence electrons. The molecule has 0 radical (unpaired) electrons. The maximum Gasteiger partial charge on any atom is 0.257 e. The molecule has 0 unspecified atom stereocenters. The van der Waals surface area contributed by atoms with Gasteiger partial charge in [-0.3, -0.25) is 14.4 Å². The van der Waals surface area contributed by atoms with E-state index < -0.39 is 0 Å². The van der Waals surface area contributed by atoms with Gasteiger partial charge in [0.25, 0.3) is 5.91 Å². The van der Waals surface area contributed by atoms with Crippen molar-refractivity contribution in [3.63, 3.8) is 0 Å². The lowest BCUT2D eigenvalue weighted by atomic mass is 10.1. The minimum Gasteiger partial charge on any atom is -0.336 e. The van der Waals surface area contributed by atoms with Crippen LogP contribution in [0.4, 0.5) is 0 Å². The lowest BCUT2D eigenvalue weighted by Crippen LogP contribution is -2.49. The van der Waals surface area contributed by atoms with E-state index >= 15 is 0 Å². The van der Waals surface area contributed by atoms with Gasteiger partial charge in [0.2, 0.25) is 0 Å². The summed E-state index contributed by atoms with van der Waals surface area (Å²) in [6.45, 7) is 13.5. The molecule has 0 aliphatic carbocycles. The first-order chi connectivity index (χ1) is 12.9. The number of nitrogens with zero attached hydrogens (tertiary/aromatic N) is 4. The average Bonchev–Trinajstić information content (AvgIpc) is 2.90. The fourth-order valence-corrected chi connectivity index (χ4v) is 3.95. The van der Waals surface area contributed by atoms with Gasteiger partial charge in [0, 0.05) is 43.4 Å². The molecule has 0 bridgehead atoms. The van der Waals surface area contributed by atoms with Gasteiger partial charge >= 0.3 is 0 Å². The Morgan fingerprint density at radius 3 is 2.44 bits per heavy atom. The molecule has 6 heteroatoms. The van der Waals surface area contributed by atoms with Crippen LogP contribution in [0.3, 0.4) is 0 Å². The Bertz CT molecular complexity index is 807. The van der Waals surface area contributed by atoms with E-state index in [-0.39, 0.29) is 5.91 Å². The zero-order valence-electron chi connectivity index (χ0n) is 16.7. The monoisotopic (exact) mass is 388 g/mol. The maximum atomic E-state index is 13.1. The van der Waals surface area contributed by atoms with Gasteiger partial charge < -0.3 is 4.90 Å². The van der Waals surface area contributed by atoms with Crippen LogP contribution in [0.1, 0.15) is 41.2 Å². The van der Waals surface area contributed by atoms with Gasteiger partial charge in [0.1, 0.15) is 0 Å². The normalized spacial score (nSPS) is 15.6. The van der Waals surface area contributed by atoms with Gasteiger partial charge in [0.15, 0.2) is 0 Å². The van der Waals surface area contributed by atoms with E-state index in [1.165, 1.54) is 0 Å². The van der Waals surface area contributed by atoms with Crippen LogP contribution in [0.5, 0.6) is 0 Å². The zero-order chi connectivity index (χ0) is 19.6. The number of aryl methyl sites for hydroxylation is 1. The standard InChI is InChI=1S/C21H29ClN4O/c1-15(2)13-24-9-11-25(12-10-24)21(27)20-16(3)23-26(17(20)4)14-18-7-5-6-8-19(18)22/h5-8,15H,9-14H2,1-4H3. The van der Waals surface area contributed by atoms with Gasteiger partial charge in [-0.05, 0) is 31.4 Å². The fraction of sp³-hybridized carbons (Fsp3) is 0.524. The highest BCUT2D eigenvalue weighted by molar-refractivity contribution is 6.31. The van der Waals surface area contributed by atoms with Crippen LogP contribution in [0.25, 0.3) is 0 Å². The lowest BCUT2D eigenvalue weighted by molar-refractivity contribution is 0.0622. The number of benzene rings is 1. The first-order valence-electron chi connectivity index (χ1n) is 9.66. The lowest BCUT2D eigenvalue weighted by Gasteiger charge is -2.35. The molecule has 1 aliphatic rings. The van der Waals surface area contributed by atoms with E-state index in [9.17, 15) is 4.79 Å². The Labute approximate surface area is 166 Å². The predicted molar refractivity (Wildman–Crippen MR) is 109 cm³/mol. The van der Waals surface area contributed by atoms with Crippen LogP contribution < -0.4 is 0 Å². The van der Waals surface area contributed by atoms with E-state index in [0.717, 1.165) is 60.3 Å². The van der Waals surface area contributed by atoms with E-state index in [2.05, 4.69) is 23.8 Å². The number of amides is 1. The number of aromatic nitrogens is 2. The van der Waals surface area contributed by atoms with Crippen LogP contribution in [0.2, 0.25) is 5.02 Å². The quantitative estimate of drug-likeness (QED) is 0.785. The molecule has 5 nitrogen and oxygen atoms in total. The molecule has 1 aliphatic heterocycles. The summed E-state index contributed by atoms with van der Waals surface area (Å²) in [6, 6.07) is 7.76. The Hall–Kier alpha value is -1.85. The Morgan fingerprint density at radius 2 is 1.81 bits per heavy atom. The van der Waals surface area contributed by atoms with Crippen molar-refractivity contribution in [1.82, 2.24) is 19.6 Å². The Balaban J connectivity index is 1.73. The predicted octanol–water partition coefficient (Wildman–Crippen LogP) is 3.62. The second-order valence-corrected chi connectivity index (χ2v) is 8.19. The number of piperazine rings is 1. The highest BCUT2D eigenvalue weighted by atomic mass is 35.5. The SMILES string of the molecule is Cc1nn(Cc2ccccc2Cl)c(C)c1C(=O)N1CCN(CC(C)C)CC1. The summed E-state index contributed by atoms with van der Waals surface area (Å²) >= 11 is 6.29. The minimum atomic E-state index is 0.0969. The number of carbonyl (C=O) groups excluding carboxylic acids is 1. The number of hydrogen-bond donors (Lipinski definition) is 0. The van der Waals surface area contributed by atoms with Crippen LogP contribution >= 0.6 is 11.6 Å². The summed E-state index contributed by atoms with van der Waals surface area (Å²) in [5.74, 6) is 0.749. The summed E-state index contributed by atoms with van der Waals surface area (Å²) in [5.41, 5.74) is 3.43. The number of rotatable bonds is 5. The molecule has 1 aromatic heterocycles. The van der Waals surface area contributed by atoms with Crippen molar-refractivity contribution < 1.29 is 4.79 Å². The van der Waals surface area contributed by atoms with Crippen molar-refractivity contribution in [2.45, 2.75) is 34.2 Å². The molecular formula is C21H29ClN4O. The fourth-order valence-electron chi connectivity index (χ4n) is 3.76. The summed E-state index contributed by atoms with van der Waals surface area (Å²) in [5, 5.41) is 5.34. The molecule has 0 atom stereocenters. The van der Waals surface area contributed by atoms with E-state index in [1.807, 2.05) is 47.7 Å². The van der Waals surface area contributed by atoms with E-state index in [1.54, 1.807) is 0 Å². The van der Waals surface area contributed by atoms with Gasteiger partial charge in [0.05, 0.1) is 17.8 Å². The summed E-state index contributed by atoms with van der Waals surface area (Å²) in [6.07, 6.45) is 0. The van der Waals surface area contributed by atoms with Crippen molar-refractivity contribution in [2.24, 2.45) is 5.92 Å². The van der Waals surface area contributed by atoms with E-state index in [0.29, 0.717) is 12.5 Å². The molecule has 0 spiro atoms. The molecule has 3 rings (SSSR count). The Kier molecular flexibility index (Phi) is 6.22. The van der Waals surface area contributed by atoms with Crippen molar-refractivity contribution >= 4 is 17.5 Å². The van der Waals surface area contributed by atoms with Crippen molar-refractivity contribution in [2.75, 3.05) is 32.7 Å². The van der Waals surface area contributed by atoms with Crippen LogP contribution in [0.15, 0.2) is 24.3 Å². The third-order valence-corrected chi connectivity index (χ3v) is 5.52. The average molecular weight is 389 g/mol. The highest BCUT2D eigenvalue weighted by Gasteiger charge is 2.27. The molecule has 1 saturated heterocycles. The first kappa shape index (κ1) is 19.9.